The van der Waals surface area contributed by atoms with Crippen molar-refractivity contribution < 1.29 is 19.1 Å². The number of benzene rings is 1. The van der Waals surface area contributed by atoms with E-state index in [9.17, 15) is 9.59 Å². The molecule has 1 saturated heterocycles. The molecule has 1 aromatic heterocycles. The molecule has 1 unspecified atom stereocenters. The smallest absolute Gasteiger partial charge is 0.409 e. The van der Waals surface area contributed by atoms with Gasteiger partial charge in [0.05, 0.1) is 13.7 Å². The maximum absolute atomic E-state index is 12.9. The molecular formula is C22H29N3O4. The minimum atomic E-state index is -0.258. The first-order chi connectivity index (χ1) is 14.1. The van der Waals surface area contributed by atoms with Gasteiger partial charge in [0, 0.05) is 41.6 Å². The van der Waals surface area contributed by atoms with Gasteiger partial charge in [0.2, 0.25) is 5.91 Å². The number of aryl methyl sites for hydroxylation is 1. The van der Waals surface area contributed by atoms with Crippen LogP contribution in [0.5, 0.6) is 5.75 Å². The average molecular weight is 399 g/mol. The summed E-state index contributed by atoms with van der Waals surface area (Å²) in [6.07, 6.45) is 3.76. The lowest BCUT2D eigenvalue weighted by Gasteiger charge is -2.32. The standard InChI is InChI=1S/C22H29N3O4/c1-3-29-22(27)25-10-8-15(9-11-25)23-21(26)14-4-6-19-17(12-14)18-13-16(28-2)5-7-20(18)24-19/h5,7,13-15,24H,3-4,6,8-12H2,1-2H3,(H,23,26). The fourth-order valence-corrected chi connectivity index (χ4v) is 4.49. The zero-order valence-corrected chi connectivity index (χ0v) is 17.1. The second-order valence-corrected chi connectivity index (χ2v) is 7.90. The number of hydrogen-bond acceptors (Lipinski definition) is 4. The normalized spacial score (nSPS) is 19.7. The molecule has 2 aromatic rings. The number of ether oxygens (including phenoxy) is 2. The number of carbonyl (C=O) groups excluding carboxylic acids is 2. The quantitative estimate of drug-likeness (QED) is 0.828. The summed E-state index contributed by atoms with van der Waals surface area (Å²) in [5, 5.41) is 4.37. The van der Waals surface area contributed by atoms with Crippen LogP contribution in [0.1, 0.15) is 37.4 Å². The topological polar surface area (TPSA) is 83.7 Å². The van der Waals surface area contributed by atoms with E-state index >= 15 is 0 Å². The van der Waals surface area contributed by atoms with Crippen molar-refractivity contribution in [1.82, 2.24) is 15.2 Å². The van der Waals surface area contributed by atoms with Gasteiger partial charge in [-0.05, 0) is 62.8 Å². The molecule has 0 radical (unpaired) electrons. The molecule has 2 aliphatic rings. The summed E-state index contributed by atoms with van der Waals surface area (Å²) in [4.78, 5) is 30.0. The van der Waals surface area contributed by atoms with Crippen molar-refractivity contribution in [3.05, 3.63) is 29.5 Å². The molecule has 7 nitrogen and oxygen atoms in total. The van der Waals surface area contributed by atoms with Crippen LogP contribution < -0.4 is 10.1 Å². The van der Waals surface area contributed by atoms with Gasteiger partial charge in [0.1, 0.15) is 5.75 Å². The number of nitrogens with one attached hydrogen (secondary N) is 2. The zero-order valence-electron chi connectivity index (χ0n) is 17.1. The number of H-pyrrole nitrogens is 1. The Balaban J connectivity index is 1.37. The van der Waals surface area contributed by atoms with Gasteiger partial charge in [0.25, 0.3) is 0 Å². The zero-order chi connectivity index (χ0) is 20.4. The second-order valence-electron chi connectivity index (χ2n) is 7.90. The molecule has 4 rings (SSSR count). The van der Waals surface area contributed by atoms with Crippen LogP contribution >= 0.6 is 0 Å². The van der Waals surface area contributed by atoms with Crippen molar-refractivity contribution in [3.8, 4) is 5.75 Å². The summed E-state index contributed by atoms with van der Waals surface area (Å²) in [7, 11) is 1.67. The lowest BCUT2D eigenvalue weighted by Crippen LogP contribution is -2.48. The first kappa shape index (κ1) is 19.6. The van der Waals surface area contributed by atoms with Crippen LogP contribution in [-0.4, -0.2) is 54.7 Å². The van der Waals surface area contributed by atoms with Gasteiger partial charge in [-0.1, -0.05) is 0 Å². The molecule has 1 aromatic carbocycles. The van der Waals surface area contributed by atoms with Crippen molar-refractivity contribution in [3.63, 3.8) is 0 Å². The Labute approximate surface area is 170 Å². The van der Waals surface area contributed by atoms with Crippen LogP contribution in [0, 0.1) is 5.92 Å². The summed E-state index contributed by atoms with van der Waals surface area (Å²) in [5.74, 6) is 0.942. The fourth-order valence-electron chi connectivity index (χ4n) is 4.49. The van der Waals surface area contributed by atoms with Crippen molar-refractivity contribution in [2.45, 2.75) is 45.1 Å². The summed E-state index contributed by atoms with van der Waals surface area (Å²) in [5.41, 5.74) is 3.57. The highest BCUT2D eigenvalue weighted by atomic mass is 16.6. The van der Waals surface area contributed by atoms with Crippen molar-refractivity contribution >= 4 is 22.9 Å². The Bertz CT molecular complexity index is 899. The summed E-state index contributed by atoms with van der Waals surface area (Å²) >= 11 is 0. The molecule has 7 heteroatoms. The largest absolute Gasteiger partial charge is 0.497 e. The number of likely N-dealkylation sites (tertiary alicyclic amines) is 1. The molecule has 0 spiro atoms. The van der Waals surface area contributed by atoms with Crippen LogP contribution in [0.4, 0.5) is 4.79 Å². The number of hydrogen-bond donors (Lipinski definition) is 2. The molecule has 29 heavy (non-hydrogen) atoms. The van der Waals surface area contributed by atoms with Crippen LogP contribution in [0.2, 0.25) is 0 Å². The second kappa shape index (κ2) is 8.35. The van der Waals surface area contributed by atoms with E-state index in [1.54, 1.807) is 12.0 Å². The maximum Gasteiger partial charge on any atom is 0.409 e. The maximum atomic E-state index is 12.9. The number of nitrogens with zero attached hydrogens (tertiary/aromatic N) is 1. The number of aromatic nitrogens is 1. The number of aromatic amines is 1. The van der Waals surface area contributed by atoms with Gasteiger partial charge < -0.3 is 24.7 Å². The highest BCUT2D eigenvalue weighted by Crippen LogP contribution is 2.34. The molecule has 0 saturated carbocycles. The van der Waals surface area contributed by atoms with E-state index < -0.39 is 0 Å². The Morgan fingerprint density at radius 1 is 1.24 bits per heavy atom. The molecule has 1 aliphatic carbocycles. The number of amides is 2. The average Bonchev–Trinajstić information content (AvgIpc) is 3.11. The minimum absolute atomic E-state index is 0.0178. The number of rotatable bonds is 4. The van der Waals surface area contributed by atoms with Crippen molar-refractivity contribution in [2.24, 2.45) is 5.92 Å². The van der Waals surface area contributed by atoms with E-state index in [0.717, 1.165) is 48.8 Å². The number of piperidine rings is 1. The van der Waals surface area contributed by atoms with Gasteiger partial charge >= 0.3 is 6.09 Å². The Kier molecular flexibility index (Phi) is 5.65. The lowest BCUT2D eigenvalue weighted by molar-refractivity contribution is -0.126. The van der Waals surface area contributed by atoms with Crippen molar-refractivity contribution in [2.75, 3.05) is 26.8 Å². The van der Waals surface area contributed by atoms with Crippen molar-refractivity contribution in [1.29, 1.82) is 0 Å². The highest BCUT2D eigenvalue weighted by molar-refractivity contribution is 5.88. The third-order valence-electron chi connectivity index (χ3n) is 6.13. The first-order valence-electron chi connectivity index (χ1n) is 10.5. The Hall–Kier alpha value is -2.70. The predicted octanol–water partition coefficient (Wildman–Crippen LogP) is 3.02. The number of carbonyl (C=O) groups is 2. The molecular weight excluding hydrogens is 370 g/mol. The van der Waals surface area contributed by atoms with Crippen LogP contribution in [0.3, 0.4) is 0 Å². The van der Waals surface area contributed by atoms with Gasteiger partial charge in [-0.2, -0.15) is 0 Å². The molecule has 156 valence electrons. The highest BCUT2D eigenvalue weighted by Gasteiger charge is 2.30. The Morgan fingerprint density at radius 3 is 2.76 bits per heavy atom. The van der Waals surface area contributed by atoms with Crippen LogP contribution in [0.25, 0.3) is 10.9 Å². The molecule has 2 amide bonds. The van der Waals surface area contributed by atoms with Gasteiger partial charge in [-0.3, -0.25) is 4.79 Å². The van der Waals surface area contributed by atoms with Gasteiger partial charge in [0.15, 0.2) is 0 Å². The summed E-state index contributed by atoms with van der Waals surface area (Å²) < 4.78 is 10.4. The third-order valence-corrected chi connectivity index (χ3v) is 6.13. The first-order valence-corrected chi connectivity index (χ1v) is 10.5. The van der Waals surface area contributed by atoms with E-state index in [-0.39, 0.29) is 24.0 Å². The molecule has 0 bridgehead atoms. The monoisotopic (exact) mass is 399 g/mol. The summed E-state index contributed by atoms with van der Waals surface area (Å²) in [6.45, 7) is 3.45. The fraction of sp³-hybridized carbons (Fsp3) is 0.545. The van der Waals surface area contributed by atoms with E-state index in [2.05, 4.69) is 16.4 Å². The van der Waals surface area contributed by atoms with E-state index in [1.165, 1.54) is 11.3 Å². The van der Waals surface area contributed by atoms with Crippen LogP contribution in [-0.2, 0) is 22.4 Å². The van der Waals surface area contributed by atoms with E-state index in [1.807, 2.05) is 19.1 Å². The molecule has 1 atom stereocenters. The van der Waals surface area contributed by atoms with Gasteiger partial charge in [-0.15, -0.1) is 0 Å². The van der Waals surface area contributed by atoms with E-state index in [0.29, 0.717) is 19.7 Å². The molecule has 1 aliphatic heterocycles. The van der Waals surface area contributed by atoms with E-state index in [4.69, 9.17) is 9.47 Å². The Morgan fingerprint density at radius 2 is 2.03 bits per heavy atom. The predicted molar refractivity (Wildman–Crippen MR) is 110 cm³/mol. The van der Waals surface area contributed by atoms with Gasteiger partial charge in [-0.25, -0.2) is 4.79 Å². The number of fused-ring (bicyclic) bond motifs is 3. The third kappa shape index (κ3) is 4.04. The van der Waals surface area contributed by atoms with Crippen LogP contribution in [0.15, 0.2) is 18.2 Å². The molecule has 1 fully saturated rings. The molecule has 2 N–H and O–H groups in total. The lowest BCUT2D eigenvalue weighted by atomic mass is 9.85. The SMILES string of the molecule is CCOC(=O)N1CCC(NC(=O)C2CCc3[nH]c4ccc(OC)cc4c3C2)CC1. The number of methoxy groups -OCH3 is 1. The summed E-state index contributed by atoms with van der Waals surface area (Å²) in [6, 6.07) is 6.17. The minimum Gasteiger partial charge on any atom is -0.497 e. The molecule has 2 heterocycles.